The van der Waals surface area contributed by atoms with E-state index in [4.69, 9.17) is 8.94 Å². The van der Waals surface area contributed by atoms with Gasteiger partial charge in [0, 0.05) is 11.1 Å². The second-order valence-corrected chi connectivity index (χ2v) is 7.53. The molecule has 0 amide bonds. The molecule has 0 aliphatic rings. The molecule has 0 unspecified atom stereocenters. The molecular weight excluding hydrogens is 408 g/mol. The molecule has 2 aromatic heterocycles. The summed E-state index contributed by atoms with van der Waals surface area (Å²) in [5.41, 5.74) is 1.82. The molecule has 0 spiro atoms. The number of benzene rings is 3. The van der Waals surface area contributed by atoms with Crippen molar-refractivity contribution in [1.82, 2.24) is 20.3 Å². The minimum Gasteiger partial charge on any atom is -0.411 e. The summed E-state index contributed by atoms with van der Waals surface area (Å²) >= 11 is 1.40. The van der Waals surface area contributed by atoms with Crippen LogP contribution in [0.1, 0.15) is 5.82 Å². The van der Waals surface area contributed by atoms with E-state index in [2.05, 4.69) is 44.3 Å². The standard InChI is InChI=1S/C24H16N4O2S/c1-2-10-18(11-3-1)22-25-21(28-30-22)15-6-7-16-31-24-27-26-23(29-24)20-14-8-12-17-9-4-5-13-19(17)20/h1-5,8-14H,15-16H2. The van der Waals surface area contributed by atoms with Crippen molar-refractivity contribution in [3.8, 4) is 34.7 Å². The summed E-state index contributed by atoms with van der Waals surface area (Å²) in [5, 5.41) is 15.0. The van der Waals surface area contributed by atoms with Gasteiger partial charge in [-0.05, 0) is 29.0 Å². The van der Waals surface area contributed by atoms with Crippen LogP contribution in [0.5, 0.6) is 0 Å². The Morgan fingerprint density at radius 1 is 0.806 bits per heavy atom. The Morgan fingerprint density at radius 3 is 2.58 bits per heavy atom. The van der Waals surface area contributed by atoms with Crippen molar-refractivity contribution >= 4 is 22.5 Å². The molecule has 0 radical (unpaired) electrons. The van der Waals surface area contributed by atoms with Crippen molar-refractivity contribution in [3.05, 3.63) is 78.6 Å². The second kappa shape index (κ2) is 8.86. The maximum Gasteiger partial charge on any atom is 0.277 e. The third-order valence-corrected chi connectivity index (χ3v) is 5.26. The molecule has 0 saturated carbocycles. The van der Waals surface area contributed by atoms with Gasteiger partial charge in [0.1, 0.15) is 0 Å². The van der Waals surface area contributed by atoms with Crippen molar-refractivity contribution in [2.75, 3.05) is 5.75 Å². The Bertz CT molecular complexity index is 1380. The molecule has 5 rings (SSSR count). The molecule has 0 fully saturated rings. The molecule has 2 heterocycles. The smallest absolute Gasteiger partial charge is 0.277 e. The van der Waals surface area contributed by atoms with Crippen LogP contribution in [0.4, 0.5) is 0 Å². The fraction of sp³-hybridized carbons (Fsp3) is 0.0833. The first-order valence-electron chi connectivity index (χ1n) is 9.65. The molecule has 6 nitrogen and oxygen atoms in total. The van der Waals surface area contributed by atoms with E-state index in [1.807, 2.05) is 60.7 Å². The summed E-state index contributed by atoms with van der Waals surface area (Å²) in [6.07, 6.45) is 0.419. The first-order chi connectivity index (χ1) is 15.4. The van der Waals surface area contributed by atoms with E-state index in [0.717, 1.165) is 21.9 Å². The van der Waals surface area contributed by atoms with Gasteiger partial charge in [0.2, 0.25) is 5.89 Å². The largest absolute Gasteiger partial charge is 0.411 e. The third-order valence-electron chi connectivity index (χ3n) is 4.55. The molecule has 0 aliphatic heterocycles. The average Bonchev–Trinajstić information content (AvgIpc) is 3.49. The fourth-order valence-electron chi connectivity index (χ4n) is 3.10. The Morgan fingerprint density at radius 2 is 1.65 bits per heavy atom. The van der Waals surface area contributed by atoms with Crippen LogP contribution in [0.3, 0.4) is 0 Å². The lowest BCUT2D eigenvalue weighted by molar-refractivity contribution is 0.424. The molecule has 31 heavy (non-hydrogen) atoms. The average molecular weight is 424 g/mol. The van der Waals surface area contributed by atoms with Gasteiger partial charge in [-0.1, -0.05) is 83.4 Å². The minimum absolute atomic E-state index is 0.419. The number of fused-ring (bicyclic) bond motifs is 1. The number of aromatic nitrogens is 4. The Kier molecular flexibility index (Phi) is 5.46. The van der Waals surface area contributed by atoms with Gasteiger partial charge in [-0.2, -0.15) is 4.98 Å². The topological polar surface area (TPSA) is 77.8 Å². The monoisotopic (exact) mass is 424 g/mol. The van der Waals surface area contributed by atoms with Crippen LogP contribution < -0.4 is 0 Å². The van der Waals surface area contributed by atoms with Gasteiger partial charge < -0.3 is 8.94 Å². The van der Waals surface area contributed by atoms with Crippen LogP contribution >= 0.6 is 11.8 Å². The minimum atomic E-state index is 0.419. The SMILES string of the molecule is C(#CCc1noc(-c2ccccc2)n1)CSc1nnc(-c2cccc3ccccc23)o1. The van der Waals surface area contributed by atoms with Gasteiger partial charge in [-0.3, -0.25) is 0 Å². The van der Waals surface area contributed by atoms with E-state index in [-0.39, 0.29) is 0 Å². The number of hydrogen-bond donors (Lipinski definition) is 0. The van der Waals surface area contributed by atoms with E-state index >= 15 is 0 Å². The first-order valence-corrected chi connectivity index (χ1v) is 10.6. The second-order valence-electron chi connectivity index (χ2n) is 6.60. The van der Waals surface area contributed by atoms with Crippen LogP contribution in [0.15, 0.2) is 87.0 Å². The lowest BCUT2D eigenvalue weighted by atomic mass is 10.0. The van der Waals surface area contributed by atoms with Gasteiger partial charge in [-0.25, -0.2) is 0 Å². The number of thioether (sulfide) groups is 1. The number of rotatable bonds is 5. The summed E-state index contributed by atoms with van der Waals surface area (Å²) in [6, 6.07) is 23.8. The zero-order valence-corrected chi connectivity index (χ0v) is 17.2. The summed E-state index contributed by atoms with van der Waals surface area (Å²) in [5.74, 6) is 8.22. The maximum atomic E-state index is 5.83. The lowest BCUT2D eigenvalue weighted by Crippen LogP contribution is -1.85. The molecule has 5 aromatic rings. The Balaban J connectivity index is 1.20. The van der Waals surface area contributed by atoms with E-state index in [0.29, 0.717) is 35.0 Å². The van der Waals surface area contributed by atoms with Crippen molar-refractivity contribution in [3.63, 3.8) is 0 Å². The van der Waals surface area contributed by atoms with Crippen LogP contribution in [0.2, 0.25) is 0 Å². The van der Waals surface area contributed by atoms with Crippen molar-refractivity contribution in [2.45, 2.75) is 11.6 Å². The summed E-state index contributed by atoms with van der Waals surface area (Å²) in [4.78, 5) is 4.37. The van der Waals surface area contributed by atoms with E-state index < -0.39 is 0 Å². The zero-order valence-electron chi connectivity index (χ0n) is 16.4. The highest BCUT2D eigenvalue weighted by Gasteiger charge is 2.11. The predicted octanol–water partition coefficient (Wildman–Crippen LogP) is 5.28. The third kappa shape index (κ3) is 4.34. The van der Waals surface area contributed by atoms with Gasteiger partial charge in [0.15, 0.2) is 5.82 Å². The van der Waals surface area contributed by atoms with Gasteiger partial charge in [0.25, 0.3) is 11.1 Å². The van der Waals surface area contributed by atoms with E-state index in [9.17, 15) is 0 Å². The molecule has 0 N–H and O–H groups in total. The van der Waals surface area contributed by atoms with Crippen LogP contribution in [0, 0.1) is 11.8 Å². The highest BCUT2D eigenvalue weighted by molar-refractivity contribution is 7.99. The molecule has 0 saturated heterocycles. The van der Waals surface area contributed by atoms with Crippen LogP contribution in [0.25, 0.3) is 33.7 Å². The molecule has 0 bridgehead atoms. The fourth-order valence-corrected chi connectivity index (χ4v) is 3.64. The maximum absolute atomic E-state index is 5.83. The zero-order chi connectivity index (χ0) is 20.9. The van der Waals surface area contributed by atoms with Gasteiger partial charge >= 0.3 is 0 Å². The van der Waals surface area contributed by atoms with Crippen LogP contribution in [-0.4, -0.2) is 26.1 Å². The van der Waals surface area contributed by atoms with Crippen molar-refractivity contribution in [1.29, 1.82) is 0 Å². The quantitative estimate of drug-likeness (QED) is 0.281. The number of hydrogen-bond acceptors (Lipinski definition) is 7. The summed E-state index contributed by atoms with van der Waals surface area (Å²) < 4.78 is 11.1. The summed E-state index contributed by atoms with van der Waals surface area (Å²) in [7, 11) is 0. The van der Waals surface area contributed by atoms with Crippen molar-refractivity contribution in [2.24, 2.45) is 0 Å². The molecule has 0 aliphatic carbocycles. The molecule has 150 valence electrons. The van der Waals surface area contributed by atoms with Crippen LogP contribution in [-0.2, 0) is 6.42 Å². The first kappa shape index (κ1) is 19.1. The lowest BCUT2D eigenvalue weighted by Gasteiger charge is -2.01. The molecule has 7 heteroatoms. The Hall–Kier alpha value is -3.89. The molecule has 0 atom stereocenters. The summed E-state index contributed by atoms with van der Waals surface area (Å²) in [6.45, 7) is 0. The normalized spacial score (nSPS) is 10.7. The highest BCUT2D eigenvalue weighted by Crippen LogP contribution is 2.29. The van der Waals surface area contributed by atoms with E-state index in [1.54, 1.807) is 0 Å². The van der Waals surface area contributed by atoms with Gasteiger partial charge in [0.05, 0.1) is 12.2 Å². The highest BCUT2D eigenvalue weighted by atomic mass is 32.2. The van der Waals surface area contributed by atoms with Crippen molar-refractivity contribution < 1.29 is 8.94 Å². The number of nitrogens with zero attached hydrogens (tertiary/aromatic N) is 4. The Labute approximate surface area is 182 Å². The van der Waals surface area contributed by atoms with E-state index in [1.165, 1.54) is 11.8 Å². The predicted molar refractivity (Wildman–Crippen MR) is 119 cm³/mol. The van der Waals surface area contributed by atoms with Gasteiger partial charge in [-0.15, -0.1) is 10.2 Å². The molecule has 3 aromatic carbocycles. The molecular formula is C24H16N4O2S.